The smallest absolute Gasteiger partial charge is 0.266 e. The highest BCUT2D eigenvalue weighted by Gasteiger charge is 2.28. The van der Waals surface area contributed by atoms with Crippen molar-refractivity contribution in [1.29, 1.82) is 0 Å². The molecule has 6 heteroatoms. The Bertz CT molecular complexity index is 1400. The minimum absolute atomic E-state index is 0.116. The average Bonchev–Trinajstić information content (AvgIpc) is 2.90. The summed E-state index contributed by atoms with van der Waals surface area (Å²) in [5.41, 5.74) is 2.17. The number of hydrogen-bond acceptors (Lipinski definition) is 4. The summed E-state index contributed by atoms with van der Waals surface area (Å²) >= 11 is 0. The van der Waals surface area contributed by atoms with Crippen molar-refractivity contribution in [2.45, 2.75) is 19.4 Å². The third-order valence-electron chi connectivity index (χ3n) is 6.17. The predicted molar refractivity (Wildman–Crippen MR) is 146 cm³/mol. The number of hydrogen-bond donors (Lipinski definition) is 0. The molecule has 0 aliphatic rings. The second kappa shape index (κ2) is 11.6. The molecule has 0 radical (unpaired) electrons. The normalized spacial score (nSPS) is 12.3. The first-order valence-electron chi connectivity index (χ1n) is 12.2. The van der Waals surface area contributed by atoms with Gasteiger partial charge in [-0.25, -0.2) is 4.98 Å². The van der Waals surface area contributed by atoms with Gasteiger partial charge >= 0.3 is 0 Å². The fourth-order valence-corrected chi connectivity index (χ4v) is 4.30. The van der Waals surface area contributed by atoms with E-state index in [0.717, 1.165) is 11.3 Å². The van der Waals surface area contributed by atoms with Gasteiger partial charge in [0.25, 0.3) is 5.56 Å². The summed E-state index contributed by atoms with van der Waals surface area (Å²) < 4.78 is 1.66. The van der Waals surface area contributed by atoms with Gasteiger partial charge in [-0.1, -0.05) is 67.6 Å². The molecule has 1 amide bonds. The Hall–Kier alpha value is -4.03. The summed E-state index contributed by atoms with van der Waals surface area (Å²) in [5, 5.41) is 0.551. The van der Waals surface area contributed by atoms with Crippen molar-refractivity contribution in [3.05, 3.63) is 113 Å². The molecule has 0 bridgehead atoms. The maximum Gasteiger partial charge on any atom is 0.266 e. The Balaban J connectivity index is 1.85. The van der Waals surface area contributed by atoms with Crippen molar-refractivity contribution in [2.24, 2.45) is 0 Å². The van der Waals surface area contributed by atoms with Gasteiger partial charge in [-0.15, -0.1) is 0 Å². The third-order valence-corrected chi connectivity index (χ3v) is 6.17. The summed E-state index contributed by atoms with van der Waals surface area (Å²) in [5.74, 6) is 0.446. The van der Waals surface area contributed by atoms with E-state index < -0.39 is 6.04 Å². The Kier molecular flexibility index (Phi) is 8.08. The first kappa shape index (κ1) is 25.1. The molecular formula is C30H32N4O2. The van der Waals surface area contributed by atoms with Crippen LogP contribution >= 0.6 is 0 Å². The highest BCUT2D eigenvalue weighted by molar-refractivity contribution is 5.92. The van der Waals surface area contributed by atoms with Crippen molar-refractivity contribution < 1.29 is 4.79 Å². The van der Waals surface area contributed by atoms with Gasteiger partial charge in [-0.2, -0.15) is 0 Å². The van der Waals surface area contributed by atoms with Gasteiger partial charge in [0.15, 0.2) is 0 Å². The van der Waals surface area contributed by atoms with Crippen molar-refractivity contribution >= 4 is 22.9 Å². The molecule has 0 saturated heterocycles. The van der Waals surface area contributed by atoms with E-state index in [-0.39, 0.29) is 11.5 Å². The van der Waals surface area contributed by atoms with E-state index in [0.29, 0.717) is 36.2 Å². The summed E-state index contributed by atoms with van der Waals surface area (Å²) in [6, 6.07) is 26.3. The van der Waals surface area contributed by atoms with E-state index >= 15 is 0 Å². The molecule has 36 heavy (non-hydrogen) atoms. The standard InChI is InChI=1S/C30H32N4O2/c1-4-27(33(22-21-32(2)3)28(35)20-19-23-13-7-5-8-14-23)29-31-26-18-12-11-17-25(26)30(36)34(29)24-15-9-6-10-16-24/h5-20,27H,4,21-22H2,1-3H3/b20-19+. The van der Waals surface area contributed by atoms with Crippen molar-refractivity contribution in [1.82, 2.24) is 19.4 Å². The van der Waals surface area contributed by atoms with Gasteiger partial charge in [-0.05, 0) is 56.4 Å². The number of likely N-dealkylation sites (N-methyl/N-ethyl adjacent to an activating group) is 1. The van der Waals surface area contributed by atoms with Crippen LogP contribution in [0.5, 0.6) is 0 Å². The van der Waals surface area contributed by atoms with E-state index in [1.807, 2.05) is 116 Å². The maximum atomic E-state index is 13.7. The molecule has 0 fully saturated rings. The Morgan fingerprint density at radius 1 is 0.917 bits per heavy atom. The van der Waals surface area contributed by atoms with E-state index in [1.54, 1.807) is 16.7 Å². The molecule has 1 aromatic heterocycles. The Morgan fingerprint density at radius 3 is 2.22 bits per heavy atom. The summed E-state index contributed by atoms with van der Waals surface area (Å²) in [4.78, 5) is 36.2. The van der Waals surface area contributed by atoms with Crippen molar-refractivity contribution in [3.63, 3.8) is 0 Å². The molecule has 184 valence electrons. The number of aromatic nitrogens is 2. The quantitative estimate of drug-likeness (QED) is 0.319. The second-order valence-electron chi connectivity index (χ2n) is 8.97. The van der Waals surface area contributed by atoms with E-state index in [2.05, 4.69) is 0 Å². The second-order valence-corrected chi connectivity index (χ2v) is 8.97. The minimum atomic E-state index is -0.393. The molecular weight excluding hydrogens is 448 g/mol. The van der Waals surface area contributed by atoms with Gasteiger partial charge in [0.2, 0.25) is 5.91 Å². The molecule has 0 spiro atoms. The molecule has 4 aromatic rings. The van der Waals surface area contributed by atoms with Gasteiger partial charge in [0, 0.05) is 19.2 Å². The van der Waals surface area contributed by atoms with Crippen LogP contribution in [-0.2, 0) is 4.79 Å². The summed E-state index contributed by atoms with van der Waals surface area (Å²) in [7, 11) is 3.97. The van der Waals surface area contributed by atoms with Gasteiger partial charge in [0.1, 0.15) is 5.82 Å². The van der Waals surface area contributed by atoms with E-state index in [4.69, 9.17) is 4.98 Å². The maximum absolute atomic E-state index is 13.7. The number of fused-ring (bicyclic) bond motifs is 1. The Labute approximate surface area is 212 Å². The molecule has 3 aromatic carbocycles. The van der Waals surface area contributed by atoms with Crippen LogP contribution in [0.25, 0.3) is 22.7 Å². The van der Waals surface area contributed by atoms with Crippen LogP contribution in [0.4, 0.5) is 0 Å². The topological polar surface area (TPSA) is 58.4 Å². The zero-order valence-electron chi connectivity index (χ0n) is 21.0. The number of rotatable bonds is 9. The molecule has 6 nitrogen and oxygen atoms in total. The van der Waals surface area contributed by atoms with Crippen molar-refractivity contribution in [2.75, 3.05) is 27.2 Å². The van der Waals surface area contributed by atoms with Gasteiger partial charge < -0.3 is 9.80 Å². The Morgan fingerprint density at radius 2 is 1.56 bits per heavy atom. The first-order chi connectivity index (χ1) is 17.5. The van der Waals surface area contributed by atoms with Crippen LogP contribution in [0.3, 0.4) is 0 Å². The lowest BCUT2D eigenvalue weighted by molar-refractivity contribution is -0.128. The summed E-state index contributed by atoms with van der Waals surface area (Å²) in [6.45, 7) is 3.21. The largest absolute Gasteiger partial charge is 0.328 e. The van der Waals surface area contributed by atoms with Gasteiger partial charge in [0.05, 0.1) is 22.6 Å². The third kappa shape index (κ3) is 5.61. The number of carbonyl (C=O) groups excluding carboxylic acids is 1. The van der Waals surface area contributed by atoms with Crippen LogP contribution < -0.4 is 5.56 Å². The van der Waals surface area contributed by atoms with Crippen LogP contribution in [-0.4, -0.2) is 52.4 Å². The van der Waals surface area contributed by atoms with E-state index in [9.17, 15) is 9.59 Å². The predicted octanol–water partition coefficient (Wildman–Crippen LogP) is 4.94. The molecule has 4 rings (SSSR count). The zero-order valence-corrected chi connectivity index (χ0v) is 21.0. The summed E-state index contributed by atoms with van der Waals surface area (Å²) in [6.07, 6.45) is 4.05. The SMILES string of the molecule is CCC(c1nc2ccccc2c(=O)n1-c1ccccc1)N(CCN(C)C)C(=O)/C=C/c1ccccc1. The highest BCUT2D eigenvalue weighted by atomic mass is 16.2. The van der Waals surface area contributed by atoms with Crippen LogP contribution in [0, 0.1) is 0 Å². The monoisotopic (exact) mass is 480 g/mol. The molecule has 1 unspecified atom stereocenters. The van der Waals surface area contributed by atoms with E-state index in [1.165, 1.54) is 0 Å². The minimum Gasteiger partial charge on any atom is -0.328 e. The lowest BCUT2D eigenvalue weighted by atomic mass is 10.1. The molecule has 1 atom stereocenters. The molecule has 0 aliphatic carbocycles. The van der Waals surface area contributed by atoms with Crippen LogP contribution in [0.1, 0.15) is 30.8 Å². The van der Waals surface area contributed by atoms with Gasteiger partial charge in [-0.3, -0.25) is 14.2 Å². The number of nitrogens with zero attached hydrogens (tertiary/aromatic N) is 4. The number of amides is 1. The fourth-order valence-electron chi connectivity index (χ4n) is 4.30. The molecule has 0 N–H and O–H groups in total. The number of para-hydroxylation sites is 2. The number of carbonyl (C=O) groups is 1. The van der Waals surface area contributed by atoms with Crippen LogP contribution in [0.15, 0.2) is 95.8 Å². The fraction of sp³-hybridized carbons (Fsp3) is 0.233. The highest BCUT2D eigenvalue weighted by Crippen LogP contribution is 2.26. The zero-order chi connectivity index (χ0) is 25.5. The molecule has 0 saturated carbocycles. The van der Waals surface area contributed by atoms with Crippen LogP contribution in [0.2, 0.25) is 0 Å². The lowest BCUT2D eigenvalue weighted by Gasteiger charge is -2.32. The number of benzene rings is 3. The average molecular weight is 481 g/mol. The molecule has 0 aliphatic heterocycles. The van der Waals surface area contributed by atoms with Crippen molar-refractivity contribution in [3.8, 4) is 5.69 Å². The lowest BCUT2D eigenvalue weighted by Crippen LogP contribution is -2.41. The molecule has 1 heterocycles. The first-order valence-corrected chi connectivity index (χ1v) is 12.2.